The van der Waals surface area contributed by atoms with Gasteiger partial charge in [0.1, 0.15) is 0 Å². The number of nitrogens with one attached hydrogen (secondary N) is 3. The zero-order valence-corrected chi connectivity index (χ0v) is 17.3. The van der Waals surface area contributed by atoms with Gasteiger partial charge < -0.3 is 25.6 Å². The predicted molar refractivity (Wildman–Crippen MR) is 116 cm³/mol. The minimum atomic E-state index is 0.305. The summed E-state index contributed by atoms with van der Waals surface area (Å²) in [4.78, 5) is 14.4. The van der Waals surface area contributed by atoms with E-state index >= 15 is 0 Å². The molecule has 1 aliphatic rings. The van der Waals surface area contributed by atoms with Crippen LogP contribution in [0.3, 0.4) is 0 Å². The fourth-order valence-electron chi connectivity index (χ4n) is 3.20. The first-order valence-corrected chi connectivity index (χ1v) is 10.2. The quantitative estimate of drug-likeness (QED) is 0.194. The van der Waals surface area contributed by atoms with E-state index < -0.39 is 0 Å². The van der Waals surface area contributed by atoms with Crippen LogP contribution >= 0.6 is 15.9 Å². The molecule has 1 fully saturated rings. The van der Waals surface area contributed by atoms with Gasteiger partial charge in [-0.1, -0.05) is 27.2 Å². The number of anilines is 2. The van der Waals surface area contributed by atoms with Crippen molar-refractivity contribution in [2.45, 2.75) is 0 Å². The number of morpholine rings is 1. The Morgan fingerprint density at radius 1 is 1.31 bits per heavy atom. The lowest BCUT2D eigenvalue weighted by atomic mass is 10.2. The van der Waals surface area contributed by atoms with Crippen LogP contribution in [-0.4, -0.2) is 70.3 Å². The van der Waals surface area contributed by atoms with Crippen LogP contribution < -0.4 is 10.6 Å². The molecule has 0 aliphatic carbocycles. The number of aromatic nitrogens is 3. The van der Waals surface area contributed by atoms with Crippen molar-refractivity contribution in [1.29, 1.82) is 0 Å². The number of hydrogen-bond acceptors (Lipinski definition) is 7. The standard InChI is InChI=1S/C19H22BrN7O2/c20-13-2-1-3-14(12-13)23-17(26-28)15-4-5-21-18-16(15)24-19(25-18)22-6-7-27-8-10-29-11-9-27/h1-5,12,28H,6-11H2,(H,23,26)(H2,21,22,24,25). The van der Waals surface area contributed by atoms with Crippen LogP contribution in [0.15, 0.2) is 46.2 Å². The highest BCUT2D eigenvalue weighted by Gasteiger charge is 2.15. The molecule has 0 spiro atoms. The Hall–Kier alpha value is -2.69. The number of pyridine rings is 1. The van der Waals surface area contributed by atoms with Gasteiger partial charge in [-0.05, 0) is 24.3 Å². The van der Waals surface area contributed by atoms with E-state index in [9.17, 15) is 5.21 Å². The smallest absolute Gasteiger partial charge is 0.202 e. The summed E-state index contributed by atoms with van der Waals surface area (Å²) < 4.78 is 6.29. The van der Waals surface area contributed by atoms with Crippen molar-refractivity contribution in [3.8, 4) is 0 Å². The van der Waals surface area contributed by atoms with Crippen molar-refractivity contribution >= 4 is 44.6 Å². The van der Waals surface area contributed by atoms with Crippen molar-refractivity contribution in [3.05, 3.63) is 46.6 Å². The fourth-order valence-corrected chi connectivity index (χ4v) is 3.60. The molecule has 3 aromatic rings. The Labute approximate surface area is 176 Å². The molecule has 0 bridgehead atoms. The number of aromatic amines is 1. The molecule has 2 aromatic heterocycles. The van der Waals surface area contributed by atoms with Gasteiger partial charge in [-0.25, -0.2) is 4.98 Å². The third kappa shape index (κ3) is 4.84. The average Bonchev–Trinajstić information content (AvgIpc) is 3.16. The van der Waals surface area contributed by atoms with Crippen LogP contribution in [0.1, 0.15) is 5.56 Å². The maximum absolute atomic E-state index is 9.59. The number of nitrogens with zero attached hydrogens (tertiary/aromatic N) is 4. The van der Waals surface area contributed by atoms with E-state index in [1.54, 1.807) is 12.3 Å². The molecule has 3 heterocycles. The van der Waals surface area contributed by atoms with Gasteiger partial charge in [-0.15, -0.1) is 0 Å². The molecule has 0 unspecified atom stereocenters. The summed E-state index contributed by atoms with van der Waals surface area (Å²) in [5, 5.41) is 19.5. The molecule has 10 heteroatoms. The second kappa shape index (κ2) is 9.21. The molecule has 4 rings (SSSR count). The first-order chi connectivity index (χ1) is 14.2. The lowest BCUT2D eigenvalue weighted by Crippen LogP contribution is -2.39. The zero-order valence-electron chi connectivity index (χ0n) is 15.7. The summed E-state index contributed by atoms with van der Waals surface area (Å²) >= 11 is 3.44. The largest absolute Gasteiger partial charge is 0.409 e. The number of hydrogen-bond donors (Lipinski definition) is 4. The minimum Gasteiger partial charge on any atom is -0.409 e. The van der Waals surface area contributed by atoms with Crippen molar-refractivity contribution < 1.29 is 9.94 Å². The highest BCUT2D eigenvalue weighted by molar-refractivity contribution is 9.10. The van der Waals surface area contributed by atoms with Crippen LogP contribution in [0, 0.1) is 0 Å². The predicted octanol–water partition coefficient (Wildman–Crippen LogP) is 2.71. The molecule has 0 amide bonds. The second-order valence-electron chi connectivity index (χ2n) is 6.61. The molecule has 1 aromatic carbocycles. The maximum atomic E-state index is 9.59. The van der Waals surface area contributed by atoms with Crippen LogP contribution in [-0.2, 0) is 4.74 Å². The maximum Gasteiger partial charge on any atom is 0.202 e. The third-order valence-corrected chi connectivity index (χ3v) is 5.15. The molecular weight excluding hydrogens is 438 g/mol. The van der Waals surface area contributed by atoms with Gasteiger partial charge in [0.15, 0.2) is 11.5 Å². The first-order valence-electron chi connectivity index (χ1n) is 9.36. The molecule has 4 N–H and O–H groups in total. The number of benzene rings is 1. The van der Waals surface area contributed by atoms with E-state index in [4.69, 9.17) is 4.74 Å². The summed E-state index contributed by atoms with van der Waals surface area (Å²) in [5.74, 6) is 0.937. The van der Waals surface area contributed by atoms with Crippen molar-refractivity contribution in [3.63, 3.8) is 0 Å². The van der Waals surface area contributed by atoms with E-state index in [0.717, 1.165) is 49.6 Å². The van der Waals surface area contributed by atoms with Gasteiger partial charge in [0.2, 0.25) is 5.95 Å². The molecule has 0 saturated carbocycles. The van der Waals surface area contributed by atoms with Gasteiger partial charge in [-0.3, -0.25) is 4.90 Å². The number of rotatable bonds is 6. The van der Waals surface area contributed by atoms with Crippen LogP contribution in [0.4, 0.5) is 11.6 Å². The van der Waals surface area contributed by atoms with E-state index in [1.165, 1.54) is 0 Å². The highest BCUT2D eigenvalue weighted by atomic mass is 79.9. The highest BCUT2D eigenvalue weighted by Crippen LogP contribution is 2.20. The van der Waals surface area contributed by atoms with Gasteiger partial charge in [0, 0.05) is 48.1 Å². The summed E-state index contributed by atoms with van der Waals surface area (Å²) in [5.41, 5.74) is 2.71. The molecular formula is C19H22BrN7O2. The Balaban J connectivity index is 1.49. The minimum absolute atomic E-state index is 0.305. The lowest BCUT2D eigenvalue weighted by Gasteiger charge is -2.26. The number of oxime groups is 1. The third-order valence-electron chi connectivity index (χ3n) is 4.66. The number of imidazole rings is 1. The summed E-state index contributed by atoms with van der Waals surface area (Å²) in [7, 11) is 0. The van der Waals surface area contributed by atoms with E-state index in [1.807, 2.05) is 24.3 Å². The van der Waals surface area contributed by atoms with E-state index in [2.05, 4.69) is 51.6 Å². The average molecular weight is 460 g/mol. The molecule has 0 radical (unpaired) electrons. The monoisotopic (exact) mass is 459 g/mol. The summed E-state index contributed by atoms with van der Waals surface area (Å²) in [6.45, 7) is 5.13. The summed E-state index contributed by atoms with van der Waals surface area (Å²) in [6.07, 6.45) is 1.64. The van der Waals surface area contributed by atoms with Gasteiger partial charge >= 0.3 is 0 Å². The molecule has 9 nitrogen and oxygen atoms in total. The Kier molecular flexibility index (Phi) is 6.23. The normalized spacial score (nSPS) is 15.6. The number of halogens is 1. The van der Waals surface area contributed by atoms with Crippen molar-refractivity contribution in [2.75, 3.05) is 50.0 Å². The fraction of sp³-hybridized carbons (Fsp3) is 0.316. The van der Waals surface area contributed by atoms with Gasteiger partial charge in [0.25, 0.3) is 0 Å². The Bertz CT molecular complexity index is 1000. The molecule has 1 saturated heterocycles. The molecule has 0 atom stereocenters. The Morgan fingerprint density at radius 3 is 2.97 bits per heavy atom. The SMILES string of the molecule is O/N=C(/Nc1cccc(Br)c1)c1ccnc2nc(NCCN3CCOCC3)[nH]c12. The zero-order chi connectivity index (χ0) is 20.1. The van der Waals surface area contributed by atoms with E-state index in [0.29, 0.717) is 28.5 Å². The number of ether oxygens (including phenoxy) is 1. The van der Waals surface area contributed by atoms with Crippen LogP contribution in [0.2, 0.25) is 0 Å². The van der Waals surface area contributed by atoms with E-state index in [-0.39, 0.29) is 0 Å². The number of H-pyrrole nitrogens is 1. The van der Waals surface area contributed by atoms with Crippen molar-refractivity contribution in [1.82, 2.24) is 19.9 Å². The molecule has 152 valence electrons. The second-order valence-corrected chi connectivity index (χ2v) is 7.52. The number of amidine groups is 1. The number of fused-ring (bicyclic) bond motifs is 1. The molecule has 29 heavy (non-hydrogen) atoms. The first kappa shape index (κ1) is 19.6. The van der Waals surface area contributed by atoms with Crippen LogP contribution in [0.25, 0.3) is 11.2 Å². The van der Waals surface area contributed by atoms with Gasteiger partial charge in [0.05, 0.1) is 18.7 Å². The summed E-state index contributed by atoms with van der Waals surface area (Å²) in [6, 6.07) is 9.39. The van der Waals surface area contributed by atoms with Gasteiger partial charge in [-0.2, -0.15) is 4.98 Å². The Morgan fingerprint density at radius 2 is 2.17 bits per heavy atom. The van der Waals surface area contributed by atoms with Crippen LogP contribution in [0.5, 0.6) is 0 Å². The topological polar surface area (TPSA) is 111 Å². The molecule has 1 aliphatic heterocycles. The lowest BCUT2D eigenvalue weighted by molar-refractivity contribution is 0.0398. The van der Waals surface area contributed by atoms with Crippen molar-refractivity contribution in [2.24, 2.45) is 5.16 Å².